The second-order valence-electron chi connectivity index (χ2n) is 14.0. The van der Waals surface area contributed by atoms with Gasteiger partial charge in [-0.25, -0.2) is 0 Å². The van der Waals surface area contributed by atoms with E-state index in [0.29, 0.717) is 16.7 Å². The maximum atomic E-state index is 5.40. The van der Waals surface area contributed by atoms with Crippen LogP contribution in [0.3, 0.4) is 0 Å². The van der Waals surface area contributed by atoms with Gasteiger partial charge in [-0.15, -0.1) is 0 Å². The minimum absolute atomic E-state index is 0.453. The highest BCUT2D eigenvalue weighted by Crippen LogP contribution is 2.68. The molecule has 0 amide bonds. The van der Waals surface area contributed by atoms with Gasteiger partial charge in [0.2, 0.25) is 0 Å². The Labute approximate surface area is 216 Å². The smallest absolute Gasteiger partial charge is 0.118 e. The topological polar surface area (TPSA) is 9.23 Å². The van der Waals surface area contributed by atoms with E-state index < -0.39 is 0 Å². The molecule has 0 radical (unpaired) electrons. The van der Waals surface area contributed by atoms with Crippen molar-refractivity contribution in [3.63, 3.8) is 0 Å². The summed E-state index contributed by atoms with van der Waals surface area (Å²) < 4.78 is 5.40. The van der Waals surface area contributed by atoms with Gasteiger partial charge in [0.1, 0.15) is 5.75 Å². The highest BCUT2D eigenvalue weighted by molar-refractivity contribution is 5.34. The molecule has 3 saturated carbocycles. The summed E-state index contributed by atoms with van der Waals surface area (Å²) in [5, 5.41) is 0. The Morgan fingerprint density at radius 2 is 1.69 bits per heavy atom. The number of hydrogen-bond acceptors (Lipinski definition) is 1. The van der Waals surface area contributed by atoms with Crippen LogP contribution >= 0.6 is 0 Å². The van der Waals surface area contributed by atoms with Crippen molar-refractivity contribution in [1.29, 1.82) is 0 Å². The fraction of sp³-hybridized carbons (Fsp3) is 0.765. The van der Waals surface area contributed by atoms with Gasteiger partial charge in [-0.2, -0.15) is 0 Å². The van der Waals surface area contributed by atoms with Gasteiger partial charge in [0.05, 0.1) is 7.11 Å². The van der Waals surface area contributed by atoms with Gasteiger partial charge in [0.25, 0.3) is 0 Å². The number of fused-ring (bicyclic) bond motifs is 5. The molecule has 4 aliphatic carbocycles. The highest BCUT2D eigenvalue weighted by Gasteiger charge is 2.59. The minimum Gasteiger partial charge on any atom is -0.497 e. The van der Waals surface area contributed by atoms with E-state index in [1.54, 1.807) is 7.11 Å². The predicted octanol–water partition coefficient (Wildman–Crippen LogP) is 9.82. The first-order valence-electron chi connectivity index (χ1n) is 15.1. The fourth-order valence-corrected chi connectivity index (χ4v) is 9.85. The number of hydrogen-bond donors (Lipinski definition) is 0. The molecule has 4 aliphatic rings. The lowest BCUT2D eigenvalue weighted by Crippen LogP contribution is -2.50. The molecule has 0 aliphatic heterocycles. The van der Waals surface area contributed by atoms with E-state index in [2.05, 4.69) is 65.0 Å². The third-order valence-electron chi connectivity index (χ3n) is 11.9. The lowest BCUT2D eigenvalue weighted by atomic mass is 9.46. The maximum Gasteiger partial charge on any atom is 0.118 e. The third-order valence-corrected chi connectivity index (χ3v) is 11.9. The molecule has 0 spiro atoms. The van der Waals surface area contributed by atoms with E-state index in [-0.39, 0.29) is 0 Å². The first kappa shape index (κ1) is 25.4. The van der Waals surface area contributed by atoms with Crippen molar-refractivity contribution in [2.75, 3.05) is 7.11 Å². The quantitative estimate of drug-likeness (QED) is 0.356. The minimum atomic E-state index is 0.453. The summed E-state index contributed by atoms with van der Waals surface area (Å²) in [5.74, 6) is 7.22. The normalized spacial score (nSPS) is 39.4. The van der Waals surface area contributed by atoms with Gasteiger partial charge in [0.15, 0.2) is 0 Å². The van der Waals surface area contributed by atoms with E-state index >= 15 is 0 Å². The van der Waals surface area contributed by atoms with Crippen LogP contribution in [0.2, 0.25) is 0 Å². The summed E-state index contributed by atoms with van der Waals surface area (Å²) in [6.45, 7) is 12.8. The molecule has 1 nitrogen and oxygen atoms in total. The lowest BCUT2D eigenvalue weighted by molar-refractivity contribution is -0.0510. The van der Waals surface area contributed by atoms with Crippen molar-refractivity contribution in [3.8, 4) is 5.75 Å². The fourth-order valence-electron chi connectivity index (χ4n) is 9.85. The van der Waals surface area contributed by atoms with E-state index in [4.69, 9.17) is 4.74 Å². The molecule has 3 fully saturated rings. The first-order valence-corrected chi connectivity index (χ1v) is 15.1. The summed E-state index contributed by atoms with van der Waals surface area (Å²) >= 11 is 0. The Hall–Kier alpha value is -1.24. The van der Waals surface area contributed by atoms with Crippen LogP contribution in [0.5, 0.6) is 5.75 Å². The maximum absolute atomic E-state index is 5.40. The zero-order valence-electron chi connectivity index (χ0n) is 23.6. The molecule has 0 saturated heterocycles. The van der Waals surface area contributed by atoms with Crippen LogP contribution in [-0.4, -0.2) is 7.11 Å². The zero-order valence-corrected chi connectivity index (χ0v) is 23.6. The molecule has 1 aromatic carbocycles. The molecule has 194 valence electrons. The van der Waals surface area contributed by atoms with Crippen LogP contribution in [0.15, 0.2) is 35.9 Å². The van der Waals surface area contributed by atoms with Crippen molar-refractivity contribution in [3.05, 3.63) is 41.5 Å². The van der Waals surface area contributed by atoms with Crippen LogP contribution in [0.1, 0.15) is 117 Å². The molecule has 0 unspecified atom stereocenters. The number of allylic oxidation sites excluding steroid dienone is 2. The molecule has 1 aromatic rings. The van der Waals surface area contributed by atoms with Gasteiger partial charge < -0.3 is 4.74 Å². The van der Waals surface area contributed by atoms with Crippen LogP contribution in [0.25, 0.3) is 0 Å². The summed E-state index contributed by atoms with van der Waals surface area (Å²) in [6.07, 6.45) is 18.4. The monoisotopic (exact) mass is 476 g/mol. The number of methoxy groups -OCH3 is 1. The van der Waals surface area contributed by atoms with Gasteiger partial charge >= 0.3 is 0 Å². The third kappa shape index (κ3) is 4.53. The summed E-state index contributed by atoms with van der Waals surface area (Å²) in [5.41, 5.74) is 4.37. The number of ether oxygens (including phenoxy) is 1. The number of benzene rings is 1. The average molecular weight is 477 g/mol. The molecule has 0 heterocycles. The first-order chi connectivity index (χ1) is 16.8. The molecule has 0 N–H and O–H groups in total. The summed E-state index contributed by atoms with van der Waals surface area (Å²) in [6, 6.07) is 8.92. The van der Waals surface area contributed by atoms with Gasteiger partial charge in [-0.05, 0) is 121 Å². The van der Waals surface area contributed by atoms with Crippen LogP contribution in [-0.2, 0) is 0 Å². The SMILES string of the molecule is COc1ccc([C@H]2CC[C@@]3(C)C(=CC[C@H]4[C@@H]5CC[C@H]([C@H](C)CCCC(C)C)[C@@]5(C)CC[C@@H]43)C2)cc1. The standard InChI is InChI=1S/C34H52O/c1-23(2)8-7-9-24(3)30-16-17-31-29-15-12-27-22-26(25-10-13-28(35-6)14-11-25)18-20-33(27,4)32(29)19-21-34(30,31)5/h10-14,23-24,26,29-32H,7-9,15-22H2,1-6H3/t24-,26+,29+,30-,31+,32+,33+,34-/m1/s1. The molecule has 0 bridgehead atoms. The van der Waals surface area contributed by atoms with Crippen molar-refractivity contribution >= 4 is 0 Å². The van der Waals surface area contributed by atoms with Crippen molar-refractivity contribution in [2.24, 2.45) is 46.3 Å². The zero-order chi connectivity index (χ0) is 24.8. The number of rotatable bonds is 7. The average Bonchev–Trinajstić information content (AvgIpc) is 3.20. The van der Waals surface area contributed by atoms with Crippen LogP contribution in [0.4, 0.5) is 0 Å². The van der Waals surface area contributed by atoms with Crippen molar-refractivity contribution in [2.45, 2.75) is 111 Å². The highest BCUT2D eigenvalue weighted by atomic mass is 16.5. The van der Waals surface area contributed by atoms with Crippen molar-refractivity contribution in [1.82, 2.24) is 0 Å². The molecule has 8 atom stereocenters. The molecule has 0 aromatic heterocycles. The molecule has 5 rings (SSSR count). The second kappa shape index (κ2) is 9.90. The van der Waals surface area contributed by atoms with Crippen LogP contribution in [0, 0.1) is 46.3 Å². The largest absolute Gasteiger partial charge is 0.497 e. The summed E-state index contributed by atoms with van der Waals surface area (Å²) in [7, 11) is 1.76. The predicted molar refractivity (Wildman–Crippen MR) is 149 cm³/mol. The Kier molecular flexibility index (Phi) is 7.19. The van der Waals surface area contributed by atoms with E-state index in [1.807, 2.05) is 5.57 Å². The van der Waals surface area contributed by atoms with Gasteiger partial charge in [-0.3, -0.25) is 0 Å². The summed E-state index contributed by atoms with van der Waals surface area (Å²) in [4.78, 5) is 0. The van der Waals surface area contributed by atoms with E-state index in [1.165, 1.54) is 76.2 Å². The molecular weight excluding hydrogens is 424 g/mol. The van der Waals surface area contributed by atoms with Crippen LogP contribution < -0.4 is 4.74 Å². The van der Waals surface area contributed by atoms with E-state index in [0.717, 1.165) is 41.3 Å². The molecule has 1 heteroatoms. The second-order valence-corrected chi connectivity index (χ2v) is 14.0. The Morgan fingerprint density at radius 3 is 2.40 bits per heavy atom. The van der Waals surface area contributed by atoms with Gasteiger partial charge in [0, 0.05) is 0 Å². The Morgan fingerprint density at radius 1 is 0.914 bits per heavy atom. The van der Waals surface area contributed by atoms with E-state index in [9.17, 15) is 0 Å². The Balaban J connectivity index is 1.29. The Bertz CT molecular complexity index is 896. The van der Waals surface area contributed by atoms with Gasteiger partial charge in [-0.1, -0.05) is 77.7 Å². The molecule has 35 heavy (non-hydrogen) atoms. The lowest BCUT2D eigenvalue weighted by Gasteiger charge is -2.58. The van der Waals surface area contributed by atoms with Crippen molar-refractivity contribution < 1.29 is 4.74 Å². The molecular formula is C34H52O.